The van der Waals surface area contributed by atoms with Crippen molar-refractivity contribution < 1.29 is 19.1 Å². The average Bonchev–Trinajstić information content (AvgIpc) is 3.38. The molecular weight excluding hydrogens is 396 g/mol. The number of anilines is 1. The number of para-hydroxylation sites is 1. The number of likely N-dealkylation sites (tertiary alicyclic amines) is 1. The third-order valence-electron chi connectivity index (χ3n) is 4.86. The number of nitrogens with zero attached hydrogens (tertiary/aromatic N) is 1. The molecular formula is C20H20N2O4S2. The van der Waals surface area contributed by atoms with Crippen LogP contribution >= 0.6 is 23.1 Å². The van der Waals surface area contributed by atoms with Crippen LogP contribution in [0, 0.1) is 0 Å². The van der Waals surface area contributed by atoms with Crippen molar-refractivity contribution in [3.8, 4) is 0 Å². The monoisotopic (exact) mass is 416 g/mol. The molecule has 1 saturated heterocycles. The summed E-state index contributed by atoms with van der Waals surface area (Å²) in [5.74, 6) is -0.938. The van der Waals surface area contributed by atoms with Gasteiger partial charge < -0.3 is 15.0 Å². The second-order valence-corrected chi connectivity index (χ2v) is 8.94. The predicted octanol–water partition coefficient (Wildman–Crippen LogP) is 3.46. The zero-order valence-corrected chi connectivity index (χ0v) is 16.8. The fraction of sp³-hybridized carbons (Fsp3) is 0.350. The molecule has 0 saturated carbocycles. The van der Waals surface area contributed by atoms with Crippen LogP contribution in [0.5, 0.6) is 0 Å². The van der Waals surface area contributed by atoms with Crippen LogP contribution in [0.25, 0.3) is 0 Å². The highest BCUT2D eigenvalue weighted by molar-refractivity contribution is 8.01. The Balaban J connectivity index is 1.30. The molecule has 3 heterocycles. The van der Waals surface area contributed by atoms with Crippen LogP contribution < -0.4 is 5.32 Å². The van der Waals surface area contributed by atoms with Crippen molar-refractivity contribution in [3.63, 3.8) is 0 Å². The van der Waals surface area contributed by atoms with Crippen LogP contribution in [-0.2, 0) is 19.1 Å². The average molecular weight is 417 g/mol. The molecule has 2 amide bonds. The summed E-state index contributed by atoms with van der Waals surface area (Å²) in [6, 6.07) is 11.5. The summed E-state index contributed by atoms with van der Waals surface area (Å²) in [7, 11) is 0. The maximum atomic E-state index is 12.5. The Bertz CT molecular complexity index is 884. The third kappa shape index (κ3) is 4.07. The van der Waals surface area contributed by atoms with E-state index in [1.807, 2.05) is 41.8 Å². The molecule has 1 aromatic carbocycles. The normalized spacial score (nSPS) is 21.1. The number of hydrogen-bond donors (Lipinski definition) is 1. The van der Waals surface area contributed by atoms with E-state index < -0.39 is 11.2 Å². The molecule has 2 aromatic rings. The molecule has 2 aliphatic rings. The molecule has 0 radical (unpaired) electrons. The van der Waals surface area contributed by atoms with Gasteiger partial charge in [-0.1, -0.05) is 18.2 Å². The summed E-state index contributed by atoms with van der Waals surface area (Å²) in [4.78, 5) is 40.8. The molecule has 2 unspecified atom stereocenters. The van der Waals surface area contributed by atoms with E-state index in [0.717, 1.165) is 28.3 Å². The van der Waals surface area contributed by atoms with Gasteiger partial charge >= 0.3 is 5.97 Å². The predicted molar refractivity (Wildman–Crippen MR) is 108 cm³/mol. The lowest BCUT2D eigenvalue weighted by atomic mass is 10.2. The smallest absolute Gasteiger partial charge is 0.307 e. The number of amides is 2. The molecule has 1 fully saturated rings. The standard InChI is InChI=1S/C20H20N2O4S2/c23-18(22-9-3-6-14(22)16-8-4-10-27-16)12-26-19(24)11-17-20(25)21-13-5-1-2-7-15(13)28-17/h1-2,4-5,7-8,10,14,17H,3,6,9,11-12H2,(H,21,25). The Morgan fingerprint density at radius 3 is 2.89 bits per heavy atom. The fourth-order valence-electron chi connectivity index (χ4n) is 3.50. The molecule has 8 heteroatoms. The van der Waals surface area contributed by atoms with Crippen LogP contribution in [0.3, 0.4) is 0 Å². The topological polar surface area (TPSA) is 75.7 Å². The molecule has 0 aliphatic carbocycles. The number of thiophene rings is 1. The number of hydrogen-bond acceptors (Lipinski definition) is 6. The van der Waals surface area contributed by atoms with Gasteiger partial charge in [-0.3, -0.25) is 14.4 Å². The minimum Gasteiger partial charge on any atom is -0.456 e. The quantitative estimate of drug-likeness (QED) is 0.756. The van der Waals surface area contributed by atoms with Crippen LogP contribution in [0.1, 0.15) is 30.2 Å². The van der Waals surface area contributed by atoms with Crippen LogP contribution in [0.2, 0.25) is 0 Å². The number of rotatable bonds is 5. The summed E-state index contributed by atoms with van der Waals surface area (Å²) in [6.07, 6.45) is 1.81. The van der Waals surface area contributed by atoms with Gasteiger partial charge in [-0.25, -0.2) is 0 Å². The van der Waals surface area contributed by atoms with Crippen LogP contribution in [0.4, 0.5) is 5.69 Å². The largest absolute Gasteiger partial charge is 0.456 e. The van der Waals surface area contributed by atoms with Gasteiger partial charge in [0.2, 0.25) is 5.91 Å². The van der Waals surface area contributed by atoms with Gasteiger partial charge in [-0.15, -0.1) is 23.1 Å². The molecule has 146 valence electrons. The van der Waals surface area contributed by atoms with Gasteiger partial charge in [0, 0.05) is 16.3 Å². The number of carbonyl (C=O) groups excluding carboxylic acids is 3. The highest BCUT2D eigenvalue weighted by atomic mass is 32.2. The van der Waals surface area contributed by atoms with Gasteiger partial charge in [0.25, 0.3) is 5.91 Å². The van der Waals surface area contributed by atoms with Crippen molar-refractivity contribution >= 4 is 46.6 Å². The first-order valence-corrected chi connectivity index (χ1v) is 10.9. The Morgan fingerprint density at radius 1 is 1.21 bits per heavy atom. The highest BCUT2D eigenvalue weighted by Gasteiger charge is 2.32. The van der Waals surface area contributed by atoms with E-state index in [1.54, 1.807) is 16.2 Å². The summed E-state index contributed by atoms with van der Waals surface area (Å²) < 4.78 is 5.20. The third-order valence-corrected chi connectivity index (χ3v) is 7.11. The molecule has 0 spiro atoms. The maximum absolute atomic E-state index is 12.5. The molecule has 2 atom stereocenters. The SMILES string of the molecule is O=C(CC1Sc2ccccc2NC1=O)OCC(=O)N1CCCC1c1cccs1. The molecule has 0 bridgehead atoms. The van der Waals surface area contributed by atoms with E-state index in [4.69, 9.17) is 4.74 Å². The van der Waals surface area contributed by atoms with Crippen molar-refractivity contribution in [1.82, 2.24) is 4.90 Å². The first kappa shape index (κ1) is 19.0. The van der Waals surface area contributed by atoms with Gasteiger partial charge in [0.1, 0.15) is 0 Å². The number of carbonyl (C=O) groups is 3. The zero-order valence-electron chi connectivity index (χ0n) is 15.1. The van der Waals surface area contributed by atoms with Crippen molar-refractivity contribution in [2.24, 2.45) is 0 Å². The number of fused-ring (bicyclic) bond motifs is 1. The first-order valence-electron chi connectivity index (χ1n) is 9.17. The van der Waals surface area contributed by atoms with Gasteiger partial charge in [-0.05, 0) is 36.4 Å². The molecule has 2 aliphatic heterocycles. The summed E-state index contributed by atoms with van der Waals surface area (Å²) in [6.45, 7) is 0.396. The van der Waals surface area contributed by atoms with Crippen molar-refractivity contribution in [2.75, 3.05) is 18.5 Å². The van der Waals surface area contributed by atoms with E-state index in [2.05, 4.69) is 5.32 Å². The Kier molecular flexibility index (Phi) is 5.68. The second kappa shape index (κ2) is 8.36. The van der Waals surface area contributed by atoms with Crippen molar-refractivity contribution in [3.05, 3.63) is 46.7 Å². The van der Waals surface area contributed by atoms with E-state index in [1.165, 1.54) is 11.8 Å². The minimum atomic E-state index is -0.553. The number of esters is 1. The second-order valence-electron chi connectivity index (χ2n) is 6.72. The Morgan fingerprint density at radius 2 is 2.07 bits per heavy atom. The molecule has 6 nitrogen and oxygen atoms in total. The number of ether oxygens (including phenoxy) is 1. The lowest BCUT2D eigenvalue weighted by molar-refractivity contribution is -0.152. The van der Waals surface area contributed by atoms with E-state index in [-0.39, 0.29) is 30.9 Å². The molecule has 28 heavy (non-hydrogen) atoms. The van der Waals surface area contributed by atoms with E-state index in [9.17, 15) is 14.4 Å². The zero-order chi connectivity index (χ0) is 19.5. The summed E-state index contributed by atoms with van der Waals surface area (Å²) >= 11 is 2.98. The van der Waals surface area contributed by atoms with Gasteiger partial charge in [-0.2, -0.15) is 0 Å². The summed E-state index contributed by atoms with van der Waals surface area (Å²) in [5.41, 5.74) is 0.756. The molecule has 4 rings (SSSR count). The highest BCUT2D eigenvalue weighted by Crippen LogP contribution is 2.37. The van der Waals surface area contributed by atoms with E-state index >= 15 is 0 Å². The number of nitrogens with one attached hydrogen (secondary N) is 1. The first-order chi connectivity index (χ1) is 13.6. The van der Waals surface area contributed by atoms with Crippen molar-refractivity contribution in [1.29, 1.82) is 0 Å². The van der Waals surface area contributed by atoms with Crippen LogP contribution in [-0.4, -0.2) is 41.1 Å². The summed E-state index contributed by atoms with van der Waals surface area (Å²) in [5, 5.41) is 4.25. The maximum Gasteiger partial charge on any atom is 0.307 e. The van der Waals surface area contributed by atoms with E-state index in [0.29, 0.717) is 6.54 Å². The Hall–Kier alpha value is -2.32. The van der Waals surface area contributed by atoms with Gasteiger partial charge in [0.05, 0.1) is 23.4 Å². The molecule has 1 N–H and O–H groups in total. The minimum absolute atomic E-state index is 0.0630. The van der Waals surface area contributed by atoms with Crippen LogP contribution in [0.15, 0.2) is 46.7 Å². The molecule has 1 aromatic heterocycles. The van der Waals surface area contributed by atoms with Crippen molar-refractivity contribution in [2.45, 2.75) is 35.4 Å². The lowest BCUT2D eigenvalue weighted by Crippen LogP contribution is -2.35. The Labute approximate surface area is 171 Å². The number of benzene rings is 1. The lowest BCUT2D eigenvalue weighted by Gasteiger charge is -2.25. The van der Waals surface area contributed by atoms with Gasteiger partial charge in [0.15, 0.2) is 6.61 Å². The number of thioether (sulfide) groups is 1. The fourth-order valence-corrected chi connectivity index (χ4v) is 5.47.